The van der Waals surface area contributed by atoms with E-state index in [4.69, 9.17) is 0 Å². The molecule has 9 heteroatoms. The maximum Gasteiger partial charge on any atom is 0.418 e. The predicted molar refractivity (Wildman–Crippen MR) is 94.8 cm³/mol. The molecule has 2 unspecified atom stereocenters. The Balaban J connectivity index is 0.00000243. The lowest BCUT2D eigenvalue weighted by molar-refractivity contribution is -0.307. The average Bonchev–Trinajstić information content (AvgIpc) is 3.01. The topological polar surface area (TPSA) is 64.2 Å². The van der Waals surface area contributed by atoms with Gasteiger partial charge in [0.05, 0.1) is 17.6 Å². The van der Waals surface area contributed by atoms with E-state index < -0.39 is 28.7 Å². The molecule has 0 spiro atoms. The lowest BCUT2D eigenvalue weighted by atomic mass is 10.1. The van der Waals surface area contributed by atoms with Crippen molar-refractivity contribution in [3.05, 3.63) is 65.7 Å². The Morgan fingerprint density at radius 3 is 2.35 bits per heavy atom. The molecule has 0 bridgehead atoms. The number of thioether (sulfide) groups is 1. The van der Waals surface area contributed by atoms with Gasteiger partial charge in [-0.15, -0.1) is 24.2 Å². The number of carbonyl (C=O) groups is 1. The quantitative estimate of drug-likeness (QED) is 0.822. The minimum atomic E-state index is -4.53. The lowest BCUT2D eigenvalue weighted by Crippen LogP contribution is -2.51. The van der Waals surface area contributed by atoms with Crippen LogP contribution >= 0.6 is 24.2 Å². The summed E-state index contributed by atoms with van der Waals surface area (Å²) in [6, 6.07) is 12.8. The van der Waals surface area contributed by atoms with Gasteiger partial charge >= 0.3 is 6.18 Å². The third-order valence-corrected chi connectivity index (χ3v) is 5.24. The van der Waals surface area contributed by atoms with Gasteiger partial charge in [0, 0.05) is 17.0 Å². The first-order valence-electron chi connectivity index (χ1n) is 7.44. The minimum absolute atomic E-state index is 0. The summed E-state index contributed by atoms with van der Waals surface area (Å²) in [6.07, 6.45) is -4.53. The molecular weight excluding hydrogens is 389 g/mol. The van der Waals surface area contributed by atoms with Crippen LogP contribution in [-0.2, 0) is 16.0 Å². The van der Waals surface area contributed by atoms with Crippen LogP contribution in [0.2, 0.25) is 0 Å². The first-order chi connectivity index (χ1) is 11.8. The van der Waals surface area contributed by atoms with Gasteiger partial charge in [-0.3, -0.25) is 5.32 Å². The van der Waals surface area contributed by atoms with E-state index >= 15 is 0 Å². The van der Waals surface area contributed by atoms with Crippen molar-refractivity contribution in [3.63, 3.8) is 0 Å². The second-order valence-corrected chi connectivity index (χ2v) is 6.78. The van der Waals surface area contributed by atoms with Crippen molar-refractivity contribution in [3.8, 4) is 0 Å². The van der Waals surface area contributed by atoms with E-state index in [1.807, 2.05) is 0 Å². The Kier molecular flexibility index (Phi) is 6.10. The van der Waals surface area contributed by atoms with E-state index in [9.17, 15) is 23.1 Å². The predicted octanol–water partition coefficient (Wildman–Crippen LogP) is 2.80. The zero-order valence-electron chi connectivity index (χ0n) is 13.2. The highest BCUT2D eigenvalue weighted by molar-refractivity contribution is 8.00. The average molecular weight is 404 g/mol. The summed E-state index contributed by atoms with van der Waals surface area (Å²) in [5.41, 5.74) is -0.316. The summed E-state index contributed by atoms with van der Waals surface area (Å²) in [5.74, 6) is -1.13. The van der Waals surface area contributed by atoms with Gasteiger partial charge in [-0.1, -0.05) is 42.5 Å². The van der Waals surface area contributed by atoms with Crippen LogP contribution in [0.15, 0.2) is 54.6 Å². The monoisotopic (exact) mass is 403 g/mol. The molecule has 2 N–H and O–H groups in total. The molecular formula is C17H15ClF3N2O2S-. The fraction of sp³-hybridized carbons (Fsp3) is 0.235. The second-order valence-electron chi connectivity index (χ2n) is 5.54. The third-order valence-electron chi connectivity index (χ3n) is 3.85. The van der Waals surface area contributed by atoms with Gasteiger partial charge in [-0.25, -0.2) is 0 Å². The number of hydrogen-bond acceptors (Lipinski definition) is 5. The summed E-state index contributed by atoms with van der Waals surface area (Å²) in [4.78, 5) is 10.0. The molecule has 1 heterocycles. The second kappa shape index (κ2) is 7.77. The van der Waals surface area contributed by atoms with E-state index in [2.05, 4.69) is 10.6 Å². The van der Waals surface area contributed by atoms with Gasteiger partial charge < -0.3 is 15.2 Å². The number of para-hydroxylation sites is 1. The SMILES string of the molecule is Cl.O=C([O-])C1CSC(Nc2ccccc2C(F)(F)F)(c2ccccc2)N1. The van der Waals surface area contributed by atoms with E-state index in [0.717, 1.165) is 6.07 Å². The number of aliphatic carboxylic acids is 1. The number of nitrogens with one attached hydrogen (secondary N) is 2. The Bertz CT molecular complexity index is 776. The number of alkyl halides is 3. The summed E-state index contributed by atoms with van der Waals surface area (Å²) in [6.45, 7) is 0. The standard InChI is InChI=1S/C17H15F3N2O2S.ClH/c18-16(19,20)12-8-4-5-9-13(12)21-17(11-6-2-1-3-7-11)22-14(10-25-17)15(23)24;/h1-9,14,21-22H,10H2,(H,23,24);1H/p-1. The van der Waals surface area contributed by atoms with Crippen molar-refractivity contribution >= 4 is 35.8 Å². The van der Waals surface area contributed by atoms with E-state index in [0.29, 0.717) is 5.56 Å². The smallest absolute Gasteiger partial charge is 0.418 e. The van der Waals surface area contributed by atoms with Crippen LogP contribution in [-0.4, -0.2) is 17.8 Å². The van der Waals surface area contributed by atoms with Crippen molar-refractivity contribution in [2.24, 2.45) is 0 Å². The van der Waals surface area contributed by atoms with Gasteiger partial charge in [-0.2, -0.15) is 13.2 Å². The Morgan fingerprint density at radius 2 is 1.77 bits per heavy atom. The molecule has 0 aliphatic carbocycles. The fourth-order valence-electron chi connectivity index (χ4n) is 2.68. The van der Waals surface area contributed by atoms with Crippen LogP contribution in [0.1, 0.15) is 11.1 Å². The van der Waals surface area contributed by atoms with Crippen molar-refractivity contribution in [1.82, 2.24) is 5.32 Å². The van der Waals surface area contributed by atoms with Gasteiger partial charge in [0.15, 0.2) is 4.99 Å². The number of halogens is 4. The summed E-state index contributed by atoms with van der Waals surface area (Å²) < 4.78 is 39.8. The van der Waals surface area contributed by atoms with Crippen LogP contribution in [0.25, 0.3) is 0 Å². The number of anilines is 1. The molecule has 2 atom stereocenters. The van der Waals surface area contributed by atoms with Crippen LogP contribution in [0.4, 0.5) is 18.9 Å². The molecule has 1 fully saturated rings. The zero-order valence-corrected chi connectivity index (χ0v) is 14.9. The number of carboxylic acid groups (broad SMARTS) is 1. The van der Waals surface area contributed by atoms with Crippen LogP contribution < -0.4 is 15.7 Å². The first-order valence-corrected chi connectivity index (χ1v) is 8.43. The molecule has 0 aromatic heterocycles. The molecule has 1 aliphatic heterocycles. The molecule has 140 valence electrons. The Labute approximate surface area is 158 Å². The van der Waals surface area contributed by atoms with E-state index in [-0.39, 0.29) is 23.8 Å². The highest BCUT2D eigenvalue weighted by Crippen LogP contribution is 2.43. The third kappa shape index (κ3) is 4.08. The highest BCUT2D eigenvalue weighted by atomic mass is 35.5. The largest absolute Gasteiger partial charge is 0.548 e. The molecule has 0 saturated carbocycles. The number of benzene rings is 2. The van der Waals surface area contributed by atoms with Crippen LogP contribution in [0, 0.1) is 0 Å². The maximum atomic E-state index is 13.3. The van der Waals surface area contributed by atoms with Crippen molar-refractivity contribution < 1.29 is 23.1 Å². The summed E-state index contributed by atoms with van der Waals surface area (Å²) >= 11 is 1.18. The van der Waals surface area contributed by atoms with Crippen molar-refractivity contribution in [1.29, 1.82) is 0 Å². The van der Waals surface area contributed by atoms with Crippen LogP contribution in [0.5, 0.6) is 0 Å². The minimum Gasteiger partial charge on any atom is -0.548 e. The number of carbonyl (C=O) groups excluding carboxylic acids is 1. The van der Waals surface area contributed by atoms with Gasteiger partial charge in [-0.05, 0) is 12.1 Å². The van der Waals surface area contributed by atoms with Gasteiger partial charge in [0.25, 0.3) is 0 Å². The molecule has 1 aliphatic rings. The highest BCUT2D eigenvalue weighted by Gasteiger charge is 2.43. The summed E-state index contributed by atoms with van der Waals surface area (Å²) in [7, 11) is 0. The van der Waals surface area contributed by atoms with Crippen molar-refractivity contribution in [2.45, 2.75) is 17.2 Å². The molecule has 0 radical (unpaired) electrons. The Hall–Kier alpha value is -1.90. The Morgan fingerprint density at radius 1 is 1.15 bits per heavy atom. The molecule has 1 saturated heterocycles. The van der Waals surface area contributed by atoms with Gasteiger partial charge in [0.1, 0.15) is 0 Å². The summed E-state index contributed by atoms with van der Waals surface area (Å²) in [5, 5.41) is 16.9. The molecule has 26 heavy (non-hydrogen) atoms. The lowest BCUT2D eigenvalue weighted by Gasteiger charge is -2.33. The molecule has 2 aromatic carbocycles. The molecule has 2 aromatic rings. The maximum absolute atomic E-state index is 13.3. The number of hydrogen-bond donors (Lipinski definition) is 2. The molecule has 3 rings (SSSR count). The molecule has 4 nitrogen and oxygen atoms in total. The normalized spacial score (nSPS) is 22.5. The van der Waals surface area contributed by atoms with E-state index in [1.54, 1.807) is 30.3 Å². The first kappa shape index (κ1) is 20.4. The van der Waals surface area contributed by atoms with Gasteiger partial charge in [0.2, 0.25) is 0 Å². The van der Waals surface area contributed by atoms with Crippen molar-refractivity contribution in [2.75, 3.05) is 11.1 Å². The zero-order chi connectivity index (χ0) is 18.1. The van der Waals surface area contributed by atoms with Crippen LogP contribution in [0.3, 0.4) is 0 Å². The number of rotatable bonds is 4. The fourth-order valence-corrected chi connectivity index (χ4v) is 4.02. The number of carboxylic acids is 1. The van der Waals surface area contributed by atoms with E-state index in [1.165, 1.54) is 30.0 Å². The molecule has 0 amide bonds.